The number of carbonyl (C=O) groups is 1. The lowest BCUT2D eigenvalue weighted by molar-refractivity contribution is -0.123. The first-order chi connectivity index (χ1) is 12.1. The van der Waals surface area contributed by atoms with E-state index in [1.54, 1.807) is 7.11 Å². The smallest absolute Gasteiger partial charge is 0.234 e. The molecule has 1 N–H and O–H groups in total. The molecule has 2 aliphatic heterocycles. The van der Waals surface area contributed by atoms with Crippen LogP contribution < -0.4 is 10.1 Å². The Kier molecular flexibility index (Phi) is 5.97. The Hall–Kier alpha value is -1.59. The maximum Gasteiger partial charge on any atom is 0.234 e. The molecule has 0 bridgehead atoms. The van der Waals surface area contributed by atoms with E-state index < -0.39 is 0 Å². The molecule has 25 heavy (non-hydrogen) atoms. The highest BCUT2D eigenvalue weighted by Crippen LogP contribution is 2.40. The number of likely N-dealkylation sites (tertiary alicyclic amines) is 1. The number of benzene rings is 1. The Bertz CT molecular complexity index is 574. The summed E-state index contributed by atoms with van der Waals surface area (Å²) < 4.78 is 10.9. The van der Waals surface area contributed by atoms with Crippen LogP contribution >= 0.6 is 0 Å². The van der Waals surface area contributed by atoms with Crippen LogP contribution in [0.1, 0.15) is 44.2 Å². The first kappa shape index (κ1) is 18.2. The molecular formula is C20H30N2O3. The lowest BCUT2D eigenvalue weighted by Gasteiger charge is -2.44. The summed E-state index contributed by atoms with van der Waals surface area (Å²) >= 11 is 0. The lowest BCUT2D eigenvalue weighted by Crippen LogP contribution is -2.46. The van der Waals surface area contributed by atoms with Crippen molar-refractivity contribution in [2.24, 2.45) is 5.41 Å². The summed E-state index contributed by atoms with van der Waals surface area (Å²) in [6.45, 7) is 6.30. The Morgan fingerprint density at radius 2 is 1.92 bits per heavy atom. The molecule has 0 aromatic heterocycles. The van der Waals surface area contributed by atoms with Crippen LogP contribution in [0.3, 0.4) is 0 Å². The molecule has 0 saturated carbocycles. The second kappa shape index (κ2) is 8.19. The van der Waals surface area contributed by atoms with Gasteiger partial charge >= 0.3 is 0 Å². The van der Waals surface area contributed by atoms with Crippen LogP contribution in [0, 0.1) is 5.41 Å². The van der Waals surface area contributed by atoms with Gasteiger partial charge in [0.25, 0.3) is 0 Å². The van der Waals surface area contributed by atoms with E-state index in [1.807, 2.05) is 31.2 Å². The predicted octanol–water partition coefficient (Wildman–Crippen LogP) is 2.77. The third-order valence-electron chi connectivity index (χ3n) is 5.82. The SMILES string of the molecule is COc1ccccc1C(C)NC(=O)CN1CCC2(CCOCC2)CC1. The van der Waals surface area contributed by atoms with Crippen molar-refractivity contribution in [2.45, 2.75) is 38.6 Å². The standard InChI is InChI=1S/C20H30N2O3/c1-16(17-5-3-4-6-18(17)24-2)21-19(23)15-22-11-7-20(8-12-22)9-13-25-14-10-20/h3-6,16H,7-15H2,1-2H3,(H,21,23). The molecule has 2 aliphatic rings. The van der Waals surface area contributed by atoms with Crippen molar-refractivity contribution in [3.05, 3.63) is 29.8 Å². The monoisotopic (exact) mass is 346 g/mol. The molecule has 0 aliphatic carbocycles. The van der Waals surface area contributed by atoms with Gasteiger partial charge in [-0.15, -0.1) is 0 Å². The van der Waals surface area contributed by atoms with E-state index in [4.69, 9.17) is 9.47 Å². The van der Waals surface area contributed by atoms with Crippen LogP contribution in [0.5, 0.6) is 5.75 Å². The van der Waals surface area contributed by atoms with Gasteiger partial charge in [-0.25, -0.2) is 0 Å². The van der Waals surface area contributed by atoms with Gasteiger partial charge in [0.2, 0.25) is 5.91 Å². The average Bonchev–Trinajstić information content (AvgIpc) is 2.64. The molecule has 1 aromatic carbocycles. The molecule has 2 fully saturated rings. The summed E-state index contributed by atoms with van der Waals surface area (Å²) in [4.78, 5) is 14.7. The summed E-state index contributed by atoms with van der Waals surface area (Å²) in [5.74, 6) is 0.899. The van der Waals surface area contributed by atoms with Crippen LogP contribution in [0.4, 0.5) is 0 Å². The molecule has 2 saturated heterocycles. The number of ether oxygens (including phenoxy) is 2. The number of piperidine rings is 1. The van der Waals surface area contributed by atoms with Gasteiger partial charge in [-0.1, -0.05) is 18.2 Å². The molecule has 3 rings (SSSR count). The molecule has 5 nitrogen and oxygen atoms in total. The van der Waals surface area contributed by atoms with E-state index >= 15 is 0 Å². The molecule has 0 radical (unpaired) electrons. The van der Waals surface area contributed by atoms with Crippen molar-refractivity contribution in [1.82, 2.24) is 10.2 Å². The Morgan fingerprint density at radius 1 is 1.24 bits per heavy atom. The minimum absolute atomic E-state index is 0.0599. The molecule has 138 valence electrons. The van der Waals surface area contributed by atoms with E-state index in [1.165, 1.54) is 25.7 Å². The molecule has 2 heterocycles. The number of para-hydroxylation sites is 1. The second-order valence-corrected chi connectivity index (χ2v) is 7.42. The predicted molar refractivity (Wildman–Crippen MR) is 97.7 cm³/mol. The molecule has 5 heteroatoms. The Balaban J connectivity index is 1.48. The van der Waals surface area contributed by atoms with Gasteiger partial charge in [-0.3, -0.25) is 9.69 Å². The number of amides is 1. The first-order valence-electron chi connectivity index (χ1n) is 9.34. The fourth-order valence-electron chi connectivity index (χ4n) is 4.08. The molecule has 1 unspecified atom stereocenters. The zero-order valence-corrected chi connectivity index (χ0v) is 15.4. The number of methoxy groups -OCH3 is 1. The Morgan fingerprint density at radius 3 is 2.60 bits per heavy atom. The maximum atomic E-state index is 12.4. The number of nitrogens with one attached hydrogen (secondary N) is 1. The Labute approximate surface area is 150 Å². The highest BCUT2D eigenvalue weighted by molar-refractivity contribution is 5.78. The fraction of sp³-hybridized carbons (Fsp3) is 0.650. The summed E-state index contributed by atoms with van der Waals surface area (Å²) in [5, 5.41) is 3.11. The summed E-state index contributed by atoms with van der Waals surface area (Å²) in [5.41, 5.74) is 1.48. The van der Waals surface area contributed by atoms with Crippen molar-refractivity contribution in [3.8, 4) is 5.75 Å². The zero-order valence-electron chi connectivity index (χ0n) is 15.4. The van der Waals surface area contributed by atoms with Crippen molar-refractivity contribution < 1.29 is 14.3 Å². The summed E-state index contributed by atoms with van der Waals surface area (Å²) in [7, 11) is 1.66. The van der Waals surface area contributed by atoms with Crippen LogP contribution in [0.2, 0.25) is 0 Å². The third kappa shape index (κ3) is 4.53. The average molecular weight is 346 g/mol. The zero-order chi connectivity index (χ0) is 17.7. The van der Waals surface area contributed by atoms with E-state index in [-0.39, 0.29) is 11.9 Å². The normalized spacial score (nSPS) is 21.7. The third-order valence-corrected chi connectivity index (χ3v) is 5.82. The van der Waals surface area contributed by atoms with Crippen molar-refractivity contribution in [1.29, 1.82) is 0 Å². The minimum atomic E-state index is -0.0599. The largest absolute Gasteiger partial charge is 0.496 e. The van der Waals surface area contributed by atoms with E-state index in [0.29, 0.717) is 12.0 Å². The highest BCUT2D eigenvalue weighted by atomic mass is 16.5. The van der Waals surface area contributed by atoms with E-state index in [9.17, 15) is 4.79 Å². The number of rotatable bonds is 5. The van der Waals surface area contributed by atoms with Gasteiger partial charge in [0.15, 0.2) is 0 Å². The van der Waals surface area contributed by atoms with Gasteiger partial charge in [-0.2, -0.15) is 0 Å². The van der Waals surface area contributed by atoms with Crippen molar-refractivity contribution in [2.75, 3.05) is 40.0 Å². The van der Waals surface area contributed by atoms with Crippen LogP contribution in [-0.4, -0.2) is 50.8 Å². The van der Waals surface area contributed by atoms with Gasteiger partial charge in [0.1, 0.15) is 5.75 Å². The number of hydrogen-bond acceptors (Lipinski definition) is 4. The van der Waals surface area contributed by atoms with E-state index in [0.717, 1.165) is 37.6 Å². The topological polar surface area (TPSA) is 50.8 Å². The van der Waals surface area contributed by atoms with Gasteiger partial charge in [-0.05, 0) is 57.2 Å². The summed E-state index contributed by atoms with van der Waals surface area (Å²) in [6.07, 6.45) is 4.73. The second-order valence-electron chi connectivity index (χ2n) is 7.42. The van der Waals surface area contributed by atoms with Crippen LogP contribution in [-0.2, 0) is 9.53 Å². The quantitative estimate of drug-likeness (QED) is 0.891. The number of nitrogens with zero attached hydrogens (tertiary/aromatic N) is 1. The lowest BCUT2D eigenvalue weighted by atomic mass is 9.72. The van der Waals surface area contributed by atoms with Gasteiger partial charge in [0.05, 0.1) is 19.7 Å². The molecular weight excluding hydrogens is 316 g/mol. The van der Waals surface area contributed by atoms with Gasteiger partial charge < -0.3 is 14.8 Å². The first-order valence-corrected chi connectivity index (χ1v) is 9.34. The van der Waals surface area contributed by atoms with Crippen LogP contribution in [0.15, 0.2) is 24.3 Å². The van der Waals surface area contributed by atoms with Crippen molar-refractivity contribution >= 4 is 5.91 Å². The maximum absolute atomic E-state index is 12.4. The number of carbonyl (C=O) groups excluding carboxylic acids is 1. The minimum Gasteiger partial charge on any atom is -0.496 e. The van der Waals surface area contributed by atoms with E-state index in [2.05, 4.69) is 10.2 Å². The molecule has 1 amide bonds. The summed E-state index contributed by atoms with van der Waals surface area (Å²) in [6, 6.07) is 7.78. The van der Waals surface area contributed by atoms with Crippen molar-refractivity contribution in [3.63, 3.8) is 0 Å². The highest BCUT2D eigenvalue weighted by Gasteiger charge is 2.36. The molecule has 1 spiro atoms. The molecule has 1 atom stereocenters. The van der Waals surface area contributed by atoms with Crippen LogP contribution in [0.25, 0.3) is 0 Å². The van der Waals surface area contributed by atoms with Gasteiger partial charge in [0, 0.05) is 18.8 Å². The molecule has 1 aromatic rings. The fourth-order valence-corrected chi connectivity index (χ4v) is 4.08. The number of hydrogen-bond donors (Lipinski definition) is 1.